The molecule has 1 aliphatic heterocycles. The fourth-order valence-electron chi connectivity index (χ4n) is 2.28. The van der Waals surface area contributed by atoms with Crippen LogP contribution in [0.1, 0.15) is 52.9 Å². The SMILES string of the molecule is CSC1CC(=O)N(CCCCCC(=O)NC(C)(C)C)C1=O. The van der Waals surface area contributed by atoms with Crippen LogP contribution >= 0.6 is 11.8 Å². The Morgan fingerprint density at radius 1 is 1.29 bits per heavy atom. The molecule has 1 saturated heterocycles. The van der Waals surface area contributed by atoms with Crippen LogP contribution in [0.4, 0.5) is 0 Å². The minimum atomic E-state index is -0.199. The molecule has 21 heavy (non-hydrogen) atoms. The van der Waals surface area contributed by atoms with E-state index in [1.807, 2.05) is 27.0 Å². The number of hydrogen-bond acceptors (Lipinski definition) is 4. The molecule has 1 atom stereocenters. The van der Waals surface area contributed by atoms with Crippen molar-refractivity contribution in [2.24, 2.45) is 0 Å². The highest BCUT2D eigenvalue weighted by atomic mass is 32.2. The van der Waals surface area contributed by atoms with E-state index >= 15 is 0 Å². The number of carbonyl (C=O) groups excluding carboxylic acids is 3. The molecule has 1 fully saturated rings. The summed E-state index contributed by atoms with van der Waals surface area (Å²) in [6, 6.07) is 0. The zero-order valence-electron chi connectivity index (χ0n) is 13.4. The number of amides is 3. The largest absolute Gasteiger partial charge is 0.352 e. The second kappa shape index (κ2) is 7.82. The summed E-state index contributed by atoms with van der Waals surface area (Å²) in [4.78, 5) is 36.6. The number of nitrogens with one attached hydrogen (secondary N) is 1. The third kappa shape index (κ3) is 6.08. The van der Waals surface area contributed by atoms with E-state index in [0.717, 1.165) is 19.3 Å². The van der Waals surface area contributed by atoms with Gasteiger partial charge < -0.3 is 5.32 Å². The minimum Gasteiger partial charge on any atom is -0.352 e. The van der Waals surface area contributed by atoms with Crippen molar-refractivity contribution in [2.75, 3.05) is 12.8 Å². The summed E-state index contributed by atoms with van der Waals surface area (Å²) in [7, 11) is 0. The minimum absolute atomic E-state index is 0.0540. The number of rotatable bonds is 7. The molecular weight excluding hydrogens is 288 g/mol. The molecule has 3 amide bonds. The molecule has 1 aliphatic rings. The van der Waals surface area contributed by atoms with E-state index in [1.165, 1.54) is 16.7 Å². The Bertz CT molecular complexity index is 404. The highest BCUT2D eigenvalue weighted by molar-refractivity contribution is 8.00. The third-order valence-electron chi connectivity index (χ3n) is 3.29. The summed E-state index contributed by atoms with van der Waals surface area (Å²) in [5, 5.41) is 2.72. The molecule has 0 saturated carbocycles. The first-order chi connectivity index (χ1) is 9.74. The van der Waals surface area contributed by atoms with Crippen LogP contribution in [-0.4, -0.2) is 46.2 Å². The second-order valence-corrected chi connectivity index (χ2v) is 7.46. The number of carbonyl (C=O) groups is 3. The highest BCUT2D eigenvalue weighted by Crippen LogP contribution is 2.23. The maximum Gasteiger partial charge on any atom is 0.242 e. The summed E-state index contributed by atoms with van der Waals surface area (Å²) < 4.78 is 0. The van der Waals surface area contributed by atoms with Gasteiger partial charge in [-0.3, -0.25) is 19.3 Å². The summed E-state index contributed by atoms with van der Waals surface area (Å²) in [6.45, 7) is 6.35. The van der Waals surface area contributed by atoms with Crippen LogP contribution in [0.3, 0.4) is 0 Å². The quantitative estimate of drug-likeness (QED) is 0.576. The molecule has 0 aliphatic carbocycles. The summed E-state index contributed by atoms with van der Waals surface area (Å²) >= 11 is 1.44. The molecular formula is C15H26N2O3S. The molecule has 1 heterocycles. The summed E-state index contributed by atoms with van der Waals surface area (Å²) in [5.74, 6) is -0.0685. The summed E-state index contributed by atoms with van der Waals surface area (Å²) in [5.41, 5.74) is -0.196. The van der Waals surface area contributed by atoms with Crippen molar-refractivity contribution in [3.8, 4) is 0 Å². The number of nitrogens with zero attached hydrogens (tertiary/aromatic N) is 1. The Labute approximate surface area is 131 Å². The van der Waals surface area contributed by atoms with Crippen molar-refractivity contribution in [2.45, 2.75) is 63.7 Å². The van der Waals surface area contributed by atoms with E-state index < -0.39 is 0 Å². The molecule has 5 nitrogen and oxygen atoms in total. The Balaban J connectivity index is 2.19. The van der Waals surface area contributed by atoms with Crippen molar-refractivity contribution < 1.29 is 14.4 Å². The van der Waals surface area contributed by atoms with Gasteiger partial charge in [0.1, 0.15) is 0 Å². The molecule has 120 valence electrons. The highest BCUT2D eigenvalue weighted by Gasteiger charge is 2.37. The number of hydrogen-bond donors (Lipinski definition) is 1. The monoisotopic (exact) mass is 314 g/mol. The van der Waals surface area contributed by atoms with Crippen molar-refractivity contribution >= 4 is 29.5 Å². The van der Waals surface area contributed by atoms with Gasteiger partial charge in [0.25, 0.3) is 0 Å². The topological polar surface area (TPSA) is 66.5 Å². The lowest BCUT2D eigenvalue weighted by Crippen LogP contribution is -2.40. The van der Waals surface area contributed by atoms with Gasteiger partial charge in [0.15, 0.2) is 0 Å². The van der Waals surface area contributed by atoms with E-state index in [4.69, 9.17) is 0 Å². The average molecular weight is 314 g/mol. The normalized spacial score (nSPS) is 19.2. The van der Waals surface area contributed by atoms with E-state index in [0.29, 0.717) is 19.4 Å². The average Bonchev–Trinajstić information content (AvgIpc) is 2.63. The van der Waals surface area contributed by atoms with Gasteiger partial charge in [0.2, 0.25) is 17.7 Å². The van der Waals surface area contributed by atoms with Crippen LogP contribution in [-0.2, 0) is 14.4 Å². The standard InChI is InChI=1S/C15H26N2O3S/c1-15(2,3)16-12(18)8-6-5-7-9-17-13(19)10-11(21-4)14(17)20/h11H,5-10H2,1-4H3,(H,16,18). The van der Waals surface area contributed by atoms with Gasteiger partial charge in [-0.25, -0.2) is 0 Å². The number of thioether (sulfide) groups is 1. The fraction of sp³-hybridized carbons (Fsp3) is 0.800. The first-order valence-electron chi connectivity index (χ1n) is 7.42. The smallest absolute Gasteiger partial charge is 0.242 e. The van der Waals surface area contributed by atoms with Crippen LogP contribution in [0, 0.1) is 0 Å². The van der Waals surface area contributed by atoms with Gasteiger partial charge >= 0.3 is 0 Å². The second-order valence-electron chi connectivity index (χ2n) is 6.42. The maximum absolute atomic E-state index is 11.9. The molecule has 1 unspecified atom stereocenters. The molecule has 0 aromatic rings. The van der Waals surface area contributed by atoms with Gasteiger partial charge in [-0.1, -0.05) is 6.42 Å². The third-order valence-corrected chi connectivity index (χ3v) is 4.22. The van der Waals surface area contributed by atoms with Crippen molar-refractivity contribution in [3.05, 3.63) is 0 Å². The van der Waals surface area contributed by atoms with Crippen LogP contribution < -0.4 is 5.32 Å². The molecule has 1 N–H and O–H groups in total. The van der Waals surface area contributed by atoms with Crippen LogP contribution in [0.2, 0.25) is 0 Å². The first kappa shape index (κ1) is 18.0. The van der Waals surface area contributed by atoms with E-state index in [1.54, 1.807) is 0 Å². The molecule has 6 heteroatoms. The van der Waals surface area contributed by atoms with Gasteiger partial charge in [-0.15, -0.1) is 0 Å². The first-order valence-corrected chi connectivity index (χ1v) is 8.71. The van der Waals surface area contributed by atoms with E-state index in [2.05, 4.69) is 5.32 Å². The number of likely N-dealkylation sites (tertiary alicyclic amines) is 1. The lowest BCUT2D eigenvalue weighted by atomic mass is 10.1. The van der Waals surface area contributed by atoms with Crippen LogP contribution in [0.15, 0.2) is 0 Å². The van der Waals surface area contributed by atoms with Gasteiger partial charge in [0.05, 0.1) is 5.25 Å². The zero-order chi connectivity index (χ0) is 16.0. The molecule has 0 aromatic carbocycles. The molecule has 0 spiro atoms. The van der Waals surface area contributed by atoms with Gasteiger partial charge in [0, 0.05) is 24.9 Å². The van der Waals surface area contributed by atoms with E-state index in [-0.39, 0.29) is 28.5 Å². The maximum atomic E-state index is 11.9. The zero-order valence-corrected chi connectivity index (χ0v) is 14.2. The molecule has 0 aromatic heterocycles. The number of unbranched alkanes of at least 4 members (excludes halogenated alkanes) is 2. The van der Waals surface area contributed by atoms with Crippen molar-refractivity contribution in [1.29, 1.82) is 0 Å². The molecule has 0 bridgehead atoms. The Morgan fingerprint density at radius 3 is 2.48 bits per heavy atom. The fourth-order valence-corrected chi connectivity index (χ4v) is 2.92. The summed E-state index contributed by atoms with van der Waals surface area (Å²) in [6.07, 6.45) is 5.07. The molecule has 1 rings (SSSR count). The molecule has 0 radical (unpaired) electrons. The van der Waals surface area contributed by atoms with Crippen molar-refractivity contribution in [1.82, 2.24) is 10.2 Å². The van der Waals surface area contributed by atoms with Crippen LogP contribution in [0.5, 0.6) is 0 Å². The lowest BCUT2D eigenvalue weighted by Gasteiger charge is -2.20. The Kier molecular flexibility index (Phi) is 6.71. The van der Waals surface area contributed by atoms with Crippen molar-refractivity contribution in [3.63, 3.8) is 0 Å². The lowest BCUT2D eigenvalue weighted by molar-refractivity contribution is -0.138. The number of imide groups is 1. The Hall–Kier alpha value is -1.04. The Morgan fingerprint density at radius 2 is 1.95 bits per heavy atom. The van der Waals surface area contributed by atoms with Gasteiger partial charge in [-0.05, 0) is 39.9 Å². The van der Waals surface area contributed by atoms with Crippen LogP contribution in [0.25, 0.3) is 0 Å². The van der Waals surface area contributed by atoms with Gasteiger partial charge in [-0.2, -0.15) is 11.8 Å². The predicted octanol–water partition coefficient (Wildman–Crippen LogP) is 1.95. The predicted molar refractivity (Wildman–Crippen MR) is 85.0 cm³/mol. The van der Waals surface area contributed by atoms with E-state index in [9.17, 15) is 14.4 Å².